The van der Waals surface area contributed by atoms with Crippen LogP contribution >= 0.6 is 0 Å². The van der Waals surface area contributed by atoms with Gasteiger partial charge in [-0.15, -0.1) is 0 Å². The average molecular weight is 363 g/mol. The molecule has 7 nitrogen and oxygen atoms in total. The Kier molecular flexibility index (Phi) is 4.19. The molecule has 2 saturated carbocycles. The third-order valence-electron chi connectivity index (χ3n) is 5.83. The highest BCUT2D eigenvalue weighted by Gasteiger charge is 2.40. The smallest absolute Gasteiger partial charge is 0.153 e. The standard InChI is InChI=1S/C17H25N5O2S/c1-22(17-15-4-5-19-16(15)20-10-21-17)13-6-11(7-13)9-25(23,24)14-3-2-12(18)8-14/h4-5,10-14H,2-3,6-9,18H2,1H3,(H,19,20,21)/t11?,12-,13?,14-/m1/s1. The van der Waals surface area contributed by atoms with Crippen LogP contribution in [0.1, 0.15) is 32.1 Å². The summed E-state index contributed by atoms with van der Waals surface area (Å²) in [6, 6.07) is 2.37. The average Bonchev–Trinajstić information content (AvgIpc) is 3.18. The largest absolute Gasteiger partial charge is 0.356 e. The number of anilines is 1. The molecule has 0 spiro atoms. The Morgan fingerprint density at radius 2 is 2.08 bits per heavy atom. The molecular weight excluding hydrogens is 338 g/mol. The van der Waals surface area contributed by atoms with Crippen LogP contribution in [-0.2, 0) is 9.84 Å². The highest BCUT2D eigenvalue weighted by atomic mass is 32.2. The van der Waals surface area contributed by atoms with E-state index in [1.807, 2.05) is 19.3 Å². The molecule has 0 unspecified atom stereocenters. The van der Waals surface area contributed by atoms with Gasteiger partial charge in [0.15, 0.2) is 9.84 Å². The lowest BCUT2D eigenvalue weighted by Gasteiger charge is -2.42. The van der Waals surface area contributed by atoms with Crippen LogP contribution in [0.5, 0.6) is 0 Å². The third kappa shape index (κ3) is 3.13. The summed E-state index contributed by atoms with van der Waals surface area (Å²) in [6.45, 7) is 0. The number of nitrogens with two attached hydrogens (primary N) is 1. The topological polar surface area (TPSA) is 105 Å². The van der Waals surface area contributed by atoms with Crippen LogP contribution in [0.2, 0.25) is 0 Å². The fraction of sp³-hybridized carbons (Fsp3) is 0.647. The summed E-state index contributed by atoms with van der Waals surface area (Å²) in [7, 11) is -0.994. The van der Waals surface area contributed by atoms with E-state index in [1.165, 1.54) is 0 Å². The number of aromatic nitrogens is 3. The molecule has 0 radical (unpaired) electrons. The van der Waals surface area contributed by atoms with Crippen LogP contribution in [0, 0.1) is 5.92 Å². The van der Waals surface area contributed by atoms with Crippen molar-refractivity contribution in [2.75, 3.05) is 17.7 Å². The highest BCUT2D eigenvalue weighted by Crippen LogP contribution is 2.37. The predicted octanol–water partition coefficient (Wildman–Crippen LogP) is 1.47. The lowest BCUT2D eigenvalue weighted by atomic mass is 9.81. The molecule has 0 saturated heterocycles. The molecule has 2 aromatic rings. The number of nitrogens with one attached hydrogen (secondary N) is 1. The summed E-state index contributed by atoms with van der Waals surface area (Å²) in [5.41, 5.74) is 6.70. The van der Waals surface area contributed by atoms with Gasteiger partial charge in [-0.25, -0.2) is 18.4 Å². The van der Waals surface area contributed by atoms with Gasteiger partial charge in [-0.3, -0.25) is 0 Å². The van der Waals surface area contributed by atoms with Crippen molar-refractivity contribution in [3.63, 3.8) is 0 Å². The van der Waals surface area contributed by atoms with E-state index in [9.17, 15) is 8.42 Å². The van der Waals surface area contributed by atoms with Gasteiger partial charge in [0.1, 0.15) is 17.8 Å². The van der Waals surface area contributed by atoms with E-state index in [0.29, 0.717) is 18.2 Å². The maximum absolute atomic E-state index is 12.6. The zero-order chi connectivity index (χ0) is 17.6. The molecule has 2 aliphatic carbocycles. The summed E-state index contributed by atoms with van der Waals surface area (Å²) in [5.74, 6) is 1.45. The number of fused-ring (bicyclic) bond motifs is 1. The molecule has 0 bridgehead atoms. The van der Waals surface area contributed by atoms with E-state index < -0.39 is 9.84 Å². The maximum Gasteiger partial charge on any atom is 0.153 e. The number of hydrogen-bond donors (Lipinski definition) is 2. The summed E-state index contributed by atoms with van der Waals surface area (Å²) in [4.78, 5) is 13.9. The fourth-order valence-electron chi connectivity index (χ4n) is 4.23. The molecule has 2 aromatic heterocycles. The van der Waals surface area contributed by atoms with Crippen LogP contribution in [0.3, 0.4) is 0 Å². The third-order valence-corrected chi connectivity index (χ3v) is 8.21. The van der Waals surface area contributed by atoms with Crippen LogP contribution < -0.4 is 10.6 Å². The molecule has 0 aliphatic heterocycles. The number of hydrogen-bond acceptors (Lipinski definition) is 6. The van der Waals surface area contributed by atoms with Crippen LogP contribution in [-0.4, -0.2) is 53.5 Å². The molecule has 0 amide bonds. The van der Waals surface area contributed by atoms with Gasteiger partial charge >= 0.3 is 0 Å². The van der Waals surface area contributed by atoms with Gasteiger partial charge in [0, 0.05) is 25.3 Å². The van der Waals surface area contributed by atoms with E-state index >= 15 is 0 Å². The first kappa shape index (κ1) is 16.8. The van der Waals surface area contributed by atoms with Gasteiger partial charge < -0.3 is 15.6 Å². The Morgan fingerprint density at radius 1 is 1.28 bits per heavy atom. The molecule has 2 fully saturated rings. The van der Waals surface area contributed by atoms with Crippen LogP contribution in [0.15, 0.2) is 18.6 Å². The van der Waals surface area contributed by atoms with Gasteiger partial charge in [0.25, 0.3) is 0 Å². The van der Waals surface area contributed by atoms with Crippen LogP contribution in [0.25, 0.3) is 11.0 Å². The molecule has 8 heteroatoms. The second-order valence-electron chi connectivity index (χ2n) is 7.56. The minimum Gasteiger partial charge on any atom is -0.356 e. The van der Waals surface area contributed by atoms with E-state index in [0.717, 1.165) is 42.5 Å². The summed E-state index contributed by atoms with van der Waals surface area (Å²) >= 11 is 0. The van der Waals surface area contributed by atoms with Crippen molar-refractivity contribution in [3.8, 4) is 0 Å². The lowest BCUT2D eigenvalue weighted by Crippen LogP contribution is -2.46. The van der Waals surface area contributed by atoms with Crippen molar-refractivity contribution in [1.29, 1.82) is 0 Å². The minimum absolute atomic E-state index is 0.0570. The quantitative estimate of drug-likeness (QED) is 0.833. The highest BCUT2D eigenvalue weighted by molar-refractivity contribution is 7.92. The zero-order valence-electron chi connectivity index (χ0n) is 14.4. The second-order valence-corrected chi connectivity index (χ2v) is 9.89. The van der Waals surface area contributed by atoms with Crippen molar-refractivity contribution in [1.82, 2.24) is 15.0 Å². The van der Waals surface area contributed by atoms with Gasteiger partial charge in [-0.1, -0.05) is 0 Å². The number of nitrogens with zero attached hydrogens (tertiary/aromatic N) is 3. The summed E-state index contributed by atoms with van der Waals surface area (Å²) < 4.78 is 25.1. The maximum atomic E-state index is 12.6. The Bertz CT molecular complexity index is 859. The number of aromatic amines is 1. The van der Waals surface area contributed by atoms with Crippen molar-refractivity contribution >= 4 is 26.7 Å². The molecule has 25 heavy (non-hydrogen) atoms. The Morgan fingerprint density at radius 3 is 2.80 bits per heavy atom. The number of sulfone groups is 1. The van der Waals surface area contributed by atoms with Gasteiger partial charge in [-0.05, 0) is 44.1 Å². The van der Waals surface area contributed by atoms with E-state index in [2.05, 4.69) is 19.9 Å². The van der Waals surface area contributed by atoms with Crippen LogP contribution in [0.4, 0.5) is 5.82 Å². The monoisotopic (exact) mass is 363 g/mol. The van der Waals surface area contributed by atoms with Crippen molar-refractivity contribution in [3.05, 3.63) is 18.6 Å². The van der Waals surface area contributed by atoms with Gasteiger partial charge in [-0.2, -0.15) is 0 Å². The number of H-pyrrole nitrogens is 1. The first-order valence-corrected chi connectivity index (χ1v) is 10.6. The molecule has 0 aromatic carbocycles. The zero-order valence-corrected chi connectivity index (χ0v) is 15.2. The van der Waals surface area contributed by atoms with E-state index in [4.69, 9.17) is 5.73 Å². The van der Waals surface area contributed by atoms with Gasteiger partial charge in [0.2, 0.25) is 0 Å². The molecule has 2 aliphatic rings. The fourth-order valence-corrected chi connectivity index (χ4v) is 6.47. The molecule has 2 heterocycles. The Hall–Kier alpha value is -1.67. The van der Waals surface area contributed by atoms with E-state index in [-0.39, 0.29) is 17.2 Å². The molecular formula is C17H25N5O2S. The normalized spacial score (nSPS) is 29.7. The molecule has 136 valence electrons. The lowest BCUT2D eigenvalue weighted by molar-refractivity contribution is 0.281. The van der Waals surface area contributed by atoms with E-state index in [1.54, 1.807) is 6.33 Å². The Labute approximate surface area is 147 Å². The first-order valence-electron chi connectivity index (χ1n) is 8.92. The summed E-state index contributed by atoms with van der Waals surface area (Å²) in [6.07, 6.45) is 7.40. The SMILES string of the molecule is CN(c1ncnc2[nH]ccc12)C1CC(CS(=O)(=O)[C@@H]2CC[C@@H](N)C2)C1. The van der Waals surface area contributed by atoms with Crippen molar-refractivity contribution in [2.45, 2.75) is 49.4 Å². The minimum atomic E-state index is -3.02. The second kappa shape index (κ2) is 6.25. The molecule has 2 atom stereocenters. The number of rotatable bonds is 5. The molecule has 4 rings (SSSR count). The molecule has 3 N–H and O–H groups in total. The first-order chi connectivity index (χ1) is 11.9. The summed E-state index contributed by atoms with van der Waals surface area (Å²) in [5, 5.41) is 0.779. The Balaban J connectivity index is 1.38. The van der Waals surface area contributed by atoms with Gasteiger partial charge in [0.05, 0.1) is 16.4 Å². The van der Waals surface area contributed by atoms with Crippen molar-refractivity contribution in [2.24, 2.45) is 11.7 Å². The predicted molar refractivity (Wildman–Crippen MR) is 98.2 cm³/mol. The van der Waals surface area contributed by atoms with Crippen molar-refractivity contribution < 1.29 is 8.42 Å².